The van der Waals surface area contributed by atoms with Crippen LogP contribution in [0.5, 0.6) is 0 Å². The van der Waals surface area contributed by atoms with Crippen LogP contribution in [0.25, 0.3) is 44.2 Å². The van der Waals surface area contributed by atoms with E-state index in [-0.39, 0.29) is 29.7 Å². The summed E-state index contributed by atoms with van der Waals surface area (Å²) in [6, 6.07) is 55.6. The van der Waals surface area contributed by atoms with Crippen molar-refractivity contribution in [3.63, 3.8) is 0 Å². The SMILES string of the molecule is [2H]c1c([2H])c([2H])c(C2(c3cccc4c3oc3ccccc34)c3ccccc3-c3cc(N(c4ccccc4)c4ccccc4-c4ccccc4)ccc32)c([2H])c1[2H]. The predicted octanol–water partition coefficient (Wildman–Crippen LogP) is 13.1. The van der Waals surface area contributed by atoms with Crippen LogP contribution in [0.3, 0.4) is 0 Å². The van der Waals surface area contributed by atoms with Crippen molar-refractivity contribution in [2.75, 3.05) is 4.90 Å². The highest BCUT2D eigenvalue weighted by atomic mass is 16.3. The third-order valence-electron chi connectivity index (χ3n) is 10.2. The number of hydrogen-bond acceptors (Lipinski definition) is 2. The van der Waals surface area contributed by atoms with Gasteiger partial charge in [-0.25, -0.2) is 0 Å². The normalized spacial score (nSPS) is 16.1. The van der Waals surface area contributed by atoms with E-state index in [0.717, 1.165) is 61.2 Å². The monoisotopic (exact) mass is 656 g/mol. The van der Waals surface area contributed by atoms with E-state index in [0.29, 0.717) is 16.7 Å². The average molecular weight is 657 g/mol. The van der Waals surface area contributed by atoms with Crippen LogP contribution in [-0.4, -0.2) is 0 Å². The second kappa shape index (κ2) is 11.8. The Kier molecular flexibility index (Phi) is 5.64. The molecule has 1 atom stereocenters. The van der Waals surface area contributed by atoms with Gasteiger partial charge < -0.3 is 9.32 Å². The molecule has 0 N–H and O–H groups in total. The standard InChI is InChI=1S/C49H33NO/c1-4-17-34(18-5-1)38-23-11-14-29-46(38)50(36-21-8-3-9-22-36)37-31-32-44-42(33-37)39-24-10-13-27-43(39)49(44,35-19-6-2-7-20-35)45-28-16-26-41-40-25-12-15-30-47(40)51-48(41)45/h1-33H/i2D,6D,7D,19D,20D. The quantitative estimate of drug-likeness (QED) is 0.177. The smallest absolute Gasteiger partial charge is 0.140 e. The summed E-state index contributed by atoms with van der Waals surface area (Å²) in [5.74, 6) is 0. The van der Waals surface area contributed by atoms with Gasteiger partial charge in [-0.3, -0.25) is 0 Å². The van der Waals surface area contributed by atoms with Crippen molar-refractivity contribution in [1.29, 1.82) is 0 Å². The van der Waals surface area contributed by atoms with Crippen molar-refractivity contribution < 1.29 is 11.3 Å². The molecule has 51 heavy (non-hydrogen) atoms. The van der Waals surface area contributed by atoms with E-state index < -0.39 is 11.5 Å². The minimum absolute atomic E-state index is 0.185. The summed E-state index contributed by atoms with van der Waals surface area (Å²) in [6.07, 6.45) is 0. The van der Waals surface area contributed by atoms with E-state index in [2.05, 4.69) is 77.7 Å². The van der Waals surface area contributed by atoms with E-state index in [1.54, 1.807) is 0 Å². The molecule has 2 nitrogen and oxygen atoms in total. The van der Waals surface area contributed by atoms with Crippen LogP contribution >= 0.6 is 0 Å². The maximum atomic E-state index is 9.50. The molecule has 1 heterocycles. The minimum atomic E-state index is -1.34. The average Bonchev–Trinajstić information content (AvgIpc) is 3.77. The van der Waals surface area contributed by atoms with Crippen LogP contribution in [-0.2, 0) is 5.41 Å². The Morgan fingerprint density at radius 2 is 1.12 bits per heavy atom. The van der Waals surface area contributed by atoms with Gasteiger partial charge in [0.05, 0.1) is 18.0 Å². The number of hydrogen-bond donors (Lipinski definition) is 0. The zero-order valence-corrected chi connectivity index (χ0v) is 27.5. The Balaban J connectivity index is 1.32. The van der Waals surface area contributed by atoms with Crippen molar-refractivity contribution >= 4 is 39.0 Å². The third kappa shape index (κ3) is 4.43. The maximum absolute atomic E-state index is 9.50. The van der Waals surface area contributed by atoms with Gasteiger partial charge in [0.25, 0.3) is 0 Å². The van der Waals surface area contributed by atoms with Crippen molar-refractivity contribution in [2.45, 2.75) is 5.41 Å². The second-order valence-corrected chi connectivity index (χ2v) is 12.9. The molecule has 2 heteroatoms. The van der Waals surface area contributed by atoms with Crippen molar-refractivity contribution in [2.24, 2.45) is 0 Å². The zero-order valence-electron chi connectivity index (χ0n) is 32.5. The number of rotatable bonds is 6. The Hall–Kier alpha value is -6.64. The Morgan fingerprint density at radius 1 is 0.471 bits per heavy atom. The molecule has 0 bridgehead atoms. The van der Waals surface area contributed by atoms with Crippen molar-refractivity contribution in [3.8, 4) is 22.3 Å². The first kappa shape index (κ1) is 24.5. The number of fused-ring (bicyclic) bond motifs is 6. The summed E-state index contributed by atoms with van der Waals surface area (Å²) in [7, 11) is 0. The van der Waals surface area contributed by atoms with Gasteiger partial charge >= 0.3 is 0 Å². The molecule has 1 unspecified atom stereocenters. The molecule has 1 aliphatic carbocycles. The van der Waals surface area contributed by atoms with Gasteiger partial charge in [0.15, 0.2) is 0 Å². The second-order valence-electron chi connectivity index (χ2n) is 12.9. The van der Waals surface area contributed by atoms with Gasteiger partial charge in [0.1, 0.15) is 11.2 Å². The molecular weight excluding hydrogens is 619 g/mol. The topological polar surface area (TPSA) is 16.4 Å². The first-order chi connectivity index (χ1) is 27.4. The number of para-hydroxylation sites is 4. The molecule has 240 valence electrons. The van der Waals surface area contributed by atoms with Crippen LogP contribution < -0.4 is 4.90 Å². The molecule has 8 aromatic carbocycles. The molecule has 9 aromatic rings. The van der Waals surface area contributed by atoms with Crippen molar-refractivity contribution in [1.82, 2.24) is 0 Å². The first-order valence-electron chi connectivity index (χ1n) is 19.6. The fourth-order valence-electron chi connectivity index (χ4n) is 8.12. The fourth-order valence-corrected chi connectivity index (χ4v) is 8.12. The van der Waals surface area contributed by atoms with Crippen LogP contribution in [0, 0.1) is 0 Å². The summed E-state index contributed by atoms with van der Waals surface area (Å²) in [4.78, 5) is 2.26. The zero-order chi connectivity index (χ0) is 38.1. The lowest BCUT2D eigenvalue weighted by molar-refractivity contribution is 0.648. The van der Waals surface area contributed by atoms with Gasteiger partial charge in [0.2, 0.25) is 0 Å². The van der Waals surface area contributed by atoms with E-state index >= 15 is 0 Å². The maximum Gasteiger partial charge on any atom is 0.140 e. The molecule has 0 radical (unpaired) electrons. The summed E-state index contributed by atoms with van der Waals surface area (Å²) in [5, 5.41) is 1.83. The molecule has 1 aliphatic rings. The largest absolute Gasteiger partial charge is 0.456 e. The van der Waals surface area contributed by atoms with E-state index in [1.807, 2.05) is 97.1 Å². The molecular formula is C49H33NO. The van der Waals surface area contributed by atoms with Gasteiger partial charge in [-0.2, -0.15) is 0 Å². The van der Waals surface area contributed by atoms with E-state index in [9.17, 15) is 2.74 Å². The summed E-state index contributed by atoms with van der Waals surface area (Å²) >= 11 is 0. The highest BCUT2D eigenvalue weighted by Crippen LogP contribution is 2.58. The fraction of sp³-hybridized carbons (Fsp3) is 0.0204. The third-order valence-corrected chi connectivity index (χ3v) is 10.2. The molecule has 1 aromatic heterocycles. The van der Waals surface area contributed by atoms with Crippen LogP contribution in [0.15, 0.2) is 204 Å². The molecule has 0 fully saturated rings. The molecule has 0 spiro atoms. The molecule has 0 amide bonds. The molecule has 10 rings (SSSR count). The van der Waals surface area contributed by atoms with Gasteiger partial charge in [-0.1, -0.05) is 164 Å². The van der Waals surface area contributed by atoms with Gasteiger partial charge in [0, 0.05) is 33.3 Å². The Bertz CT molecular complexity index is 2970. The Morgan fingerprint density at radius 3 is 1.96 bits per heavy atom. The highest BCUT2D eigenvalue weighted by Gasteiger charge is 2.47. The number of furan rings is 1. The lowest BCUT2D eigenvalue weighted by Gasteiger charge is -2.34. The molecule has 0 saturated heterocycles. The van der Waals surface area contributed by atoms with Crippen LogP contribution in [0.1, 0.15) is 29.1 Å². The molecule has 0 saturated carbocycles. The number of anilines is 3. The highest BCUT2D eigenvalue weighted by molar-refractivity contribution is 6.07. The number of nitrogens with zero attached hydrogens (tertiary/aromatic N) is 1. The summed E-state index contributed by atoms with van der Waals surface area (Å²) in [5.41, 5.74) is 9.35. The summed E-state index contributed by atoms with van der Waals surface area (Å²) < 4.78 is 52.1. The lowest BCUT2D eigenvalue weighted by Crippen LogP contribution is -2.28. The predicted molar refractivity (Wildman–Crippen MR) is 211 cm³/mol. The van der Waals surface area contributed by atoms with Crippen LogP contribution in [0.4, 0.5) is 17.1 Å². The van der Waals surface area contributed by atoms with E-state index in [1.165, 1.54) is 0 Å². The lowest BCUT2D eigenvalue weighted by atomic mass is 9.67. The first-order valence-corrected chi connectivity index (χ1v) is 17.1. The van der Waals surface area contributed by atoms with Gasteiger partial charge in [-0.15, -0.1) is 0 Å². The summed E-state index contributed by atoms with van der Waals surface area (Å²) in [6.45, 7) is 0. The Labute approximate surface area is 304 Å². The minimum Gasteiger partial charge on any atom is -0.456 e. The number of benzene rings is 8. The van der Waals surface area contributed by atoms with Gasteiger partial charge in [-0.05, 0) is 69.8 Å². The van der Waals surface area contributed by atoms with Crippen LogP contribution in [0.2, 0.25) is 0 Å². The molecule has 0 aliphatic heterocycles. The van der Waals surface area contributed by atoms with E-state index in [4.69, 9.17) is 8.53 Å². The van der Waals surface area contributed by atoms with Crippen molar-refractivity contribution in [3.05, 3.63) is 222 Å².